The van der Waals surface area contributed by atoms with Gasteiger partial charge in [0, 0.05) is 17.8 Å². The molecule has 0 spiro atoms. The molecule has 0 bridgehead atoms. The van der Waals surface area contributed by atoms with Gasteiger partial charge in [0.05, 0.1) is 10.6 Å². The molecular weight excluding hydrogens is 384 g/mol. The fourth-order valence-corrected chi connectivity index (χ4v) is 5.16. The van der Waals surface area contributed by atoms with Gasteiger partial charge in [0.15, 0.2) is 0 Å². The summed E-state index contributed by atoms with van der Waals surface area (Å²) >= 11 is 0. The zero-order valence-electron chi connectivity index (χ0n) is 16.1. The lowest BCUT2D eigenvalue weighted by Crippen LogP contribution is -2.35. The molecule has 0 atom stereocenters. The molecule has 29 heavy (non-hydrogen) atoms. The van der Waals surface area contributed by atoms with Gasteiger partial charge in [0.25, 0.3) is 15.9 Å². The van der Waals surface area contributed by atoms with Gasteiger partial charge in [-0.25, -0.2) is 8.42 Å². The SMILES string of the molecule is Cc1cccc(NC(=O)c2ccc3c(c2)CCCN3S(=O)(=O)c2ccccc2)c1. The van der Waals surface area contributed by atoms with Crippen LogP contribution in [0.1, 0.15) is 27.9 Å². The molecule has 3 aromatic rings. The van der Waals surface area contributed by atoms with E-state index in [9.17, 15) is 13.2 Å². The topological polar surface area (TPSA) is 66.5 Å². The number of nitrogens with zero attached hydrogens (tertiary/aromatic N) is 1. The van der Waals surface area contributed by atoms with Crippen molar-refractivity contribution in [2.24, 2.45) is 0 Å². The van der Waals surface area contributed by atoms with E-state index in [2.05, 4.69) is 5.32 Å². The van der Waals surface area contributed by atoms with Gasteiger partial charge in [0.2, 0.25) is 0 Å². The van der Waals surface area contributed by atoms with Crippen molar-refractivity contribution in [3.63, 3.8) is 0 Å². The van der Waals surface area contributed by atoms with Crippen molar-refractivity contribution >= 4 is 27.3 Å². The Morgan fingerprint density at radius 2 is 1.76 bits per heavy atom. The van der Waals surface area contributed by atoms with Crippen LogP contribution in [-0.2, 0) is 16.4 Å². The lowest BCUT2D eigenvalue weighted by molar-refractivity contribution is 0.102. The number of amides is 1. The minimum absolute atomic E-state index is 0.207. The minimum atomic E-state index is -3.63. The van der Waals surface area contributed by atoms with Crippen LogP contribution in [0, 0.1) is 6.92 Å². The first-order chi connectivity index (χ1) is 13.9. The Balaban J connectivity index is 1.63. The predicted octanol–water partition coefficient (Wildman–Crippen LogP) is 4.39. The molecule has 0 saturated heterocycles. The third-order valence-corrected chi connectivity index (χ3v) is 6.85. The molecule has 148 valence electrons. The van der Waals surface area contributed by atoms with Crippen molar-refractivity contribution in [3.8, 4) is 0 Å². The molecule has 6 heteroatoms. The van der Waals surface area contributed by atoms with Crippen LogP contribution < -0.4 is 9.62 Å². The Kier molecular flexibility index (Phi) is 5.11. The predicted molar refractivity (Wildman–Crippen MR) is 115 cm³/mol. The van der Waals surface area contributed by atoms with E-state index in [1.165, 1.54) is 4.31 Å². The molecule has 1 heterocycles. The standard InChI is InChI=1S/C23H22N2O3S/c1-17-7-5-9-20(15-17)24-23(26)19-12-13-22-18(16-19)8-6-14-25(22)29(27,28)21-10-3-2-4-11-21/h2-5,7,9-13,15-16H,6,8,14H2,1H3,(H,24,26). The van der Waals surface area contributed by atoms with Gasteiger partial charge in [-0.2, -0.15) is 0 Å². The highest BCUT2D eigenvalue weighted by molar-refractivity contribution is 7.92. The second-order valence-electron chi connectivity index (χ2n) is 7.16. The first kappa shape index (κ1) is 19.2. The molecule has 1 aliphatic heterocycles. The number of hydrogen-bond acceptors (Lipinski definition) is 3. The number of benzene rings is 3. The summed E-state index contributed by atoms with van der Waals surface area (Å²) in [7, 11) is -3.63. The van der Waals surface area contributed by atoms with Crippen LogP contribution in [0.15, 0.2) is 77.7 Å². The van der Waals surface area contributed by atoms with Gasteiger partial charge in [-0.3, -0.25) is 9.10 Å². The normalized spacial score (nSPS) is 13.6. The first-order valence-electron chi connectivity index (χ1n) is 9.54. The van der Waals surface area contributed by atoms with E-state index in [0.717, 1.165) is 23.2 Å². The summed E-state index contributed by atoms with van der Waals surface area (Å²) in [5.41, 5.74) is 3.83. The van der Waals surface area contributed by atoms with Gasteiger partial charge < -0.3 is 5.32 Å². The molecule has 3 aromatic carbocycles. The summed E-state index contributed by atoms with van der Waals surface area (Å²) in [5.74, 6) is -0.207. The van der Waals surface area contributed by atoms with Gasteiger partial charge >= 0.3 is 0 Å². The van der Waals surface area contributed by atoms with Crippen LogP contribution in [0.2, 0.25) is 0 Å². The van der Waals surface area contributed by atoms with Crippen LogP contribution in [0.5, 0.6) is 0 Å². The van der Waals surface area contributed by atoms with Gasteiger partial charge in [-0.05, 0) is 73.4 Å². The fourth-order valence-electron chi connectivity index (χ4n) is 3.60. The number of nitrogens with one attached hydrogen (secondary N) is 1. The maximum absolute atomic E-state index is 13.1. The van der Waals surface area contributed by atoms with Crippen molar-refractivity contribution in [2.45, 2.75) is 24.7 Å². The Hall–Kier alpha value is -3.12. The highest BCUT2D eigenvalue weighted by atomic mass is 32.2. The minimum Gasteiger partial charge on any atom is -0.322 e. The van der Waals surface area contributed by atoms with E-state index in [1.54, 1.807) is 48.5 Å². The maximum atomic E-state index is 13.1. The molecule has 1 aliphatic rings. The van der Waals surface area contributed by atoms with Crippen LogP contribution in [-0.4, -0.2) is 20.9 Å². The van der Waals surface area contributed by atoms with Gasteiger partial charge in [0.1, 0.15) is 0 Å². The molecule has 1 N–H and O–H groups in total. The molecule has 4 rings (SSSR count). The Morgan fingerprint density at radius 3 is 2.52 bits per heavy atom. The second-order valence-corrected chi connectivity index (χ2v) is 9.02. The van der Waals surface area contributed by atoms with Crippen LogP contribution in [0.25, 0.3) is 0 Å². The fraction of sp³-hybridized carbons (Fsp3) is 0.174. The van der Waals surface area contributed by atoms with E-state index < -0.39 is 10.0 Å². The second kappa shape index (κ2) is 7.72. The Bertz CT molecular complexity index is 1160. The highest BCUT2D eigenvalue weighted by Gasteiger charge is 2.29. The summed E-state index contributed by atoms with van der Waals surface area (Å²) in [6, 6.07) is 21.3. The van der Waals surface area contributed by atoms with Crippen molar-refractivity contribution < 1.29 is 13.2 Å². The smallest absolute Gasteiger partial charge is 0.264 e. The summed E-state index contributed by atoms with van der Waals surface area (Å²) in [6.07, 6.45) is 1.45. The monoisotopic (exact) mass is 406 g/mol. The van der Waals surface area contributed by atoms with Gasteiger partial charge in [-0.1, -0.05) is 30.3 Å². The number of rotatable bonds is 4. The molecule has 0 aliphatic carbocycles. The van der Waals surface area contributed by atoms with E-state index >= 15 is 0 Å². The van der Waals surface area contributed by atoms with Crippen LogP contribution >= 0.6 is 0 Å². The molecule has 0 saturated carbocycles. The molecular formula is C23H22N2O3S. The van der Waals surface area contributed by atoms with Gasteiger partial charge in [-0.15, -0.1) is 0 Å². The Morgan fingerprint density at radius 1 is 0.966 bits per heavy atom. The van der Waals surface area contributed by atoms with Crippen molar-refractivity contribution in [1.29, 1.82) is 0 Å². The maximum Gasteiger partial charge on any atom is 0.264 e. The first-order valence-corrected chi connectivity index (χ1v) is 11.0. The number of carbonyl (C=O) groups excluding carboxylic acids is 1. The number of anilines is 2. The van der Waals surface area contributed by atoms with E-state index in [-0.39, 0.29) is 10.8 Å². The molecule has 1 amide bonds. The van der Waals surface area contributed by atoms with E-state index in [4.69, 9.17) is 0 Å². The largest absolute Gasteiger partial charge is 0.322 e. The van der Waals surface area contributed by atoms with Crippen LogP contribution in [0.3, 0.4) is 0 Å². The zero-order chi connectivity index (χ0) is 20.4. The molecule has 0 aromatic heterocycles. The number of sulfonamides is 1. The number of carbonyl (C=O) groups is 1. The molecule has 0 radical (unpaired) electrons. The lowest BCUT2D eigenvalue weighted by atomic mass is 10.0. The van der Waals surface area contributed by atoms with Crippen molar-refractivity contribution in [1.82, 2.24) is 0 Å². The molecule has 0 fully saturated rings. The van der Waals surface area contributed by atoms with E-state index in [1.807, 2.05) is 31.2 Å². The average molecular weight is 407 g/mol. The van der Waals surface area contributed by atoms with Crippen LogP contribution in [0.4, 0.5) is 11.4 Å². The van der Waals surface area contributed by atoms with E-state index in [0.29, 0.717) is 24.2 Å². The zero-order valence-corrected chi connectivity index (χ0v) is 16.9. The number of hydrogen-bond donors (Lipinski definition) is 1. The number of aryl methyl sites for hydroxylation is 2. The number of fused-ring (bicyclic) bond motifs is 1. The average Bonchev–Trinajstić information content (AvgIpc) is 2.73. The van der Waals surface area contributed by atoms with Crippen molar-refractivity contribution in [2.75, 3.05) is 16.2 Å². The molecule has 0 unspecified atom stereocenters. The molecule has 5 nitrogen and oxygen atoms in total. The Labute approximate surface area is 171 Å². The third-order valence-electron chi connectivity index (χ3n) is 5.02. The summed E-state index contributed by atoms with van der Waals surface area (Å²) in [6.45, 7) is 2.40. The summed E-state index contributed by atoms with van der Waals surface area (Å²) in [4.78, 5) is 12.9. The van der Waals surface area contributed by atoms with Crippen molar-refractivity contribution in [3.05, 3.63) is 89.5 Å². The summed E-state index contributed by atoms with van der Waals surface area (Å²) < 4.78 is 27.6. The quantitative estimate of drug-likeness (QED) is 0.699. The lowest BCUT2D eigenvalue weighted by Gasteiger charge is -2.30. The summed E-state index contributed by atoms with van der Waals surface area (Å²) in [5, 5.41) is 2.90. The highest BCUT2D eigenvalue weighted by Crippen LogP contribution is 2.32. The third kappa shape index (κ3) is 3.89.